The number of phenolic OH excluding ortho intramolecular Hbond substituents is 1. The van der Waals surface area contributed by atoms with Gasteiger partial charge in [0.05, 0.1) is 21.8 Å². The van der Waals surface area contributed by atoms with Crippen molar-refractivity contribution in [2.45, 2.75) is 0 Å². The van der Waals surface area contributed by atoms with Crippen molar-refractivity contribution in [2.24, 2.45) is 5.10 Å². The SMILES string of the molecule is O=C(N/N=C\c1cccc(Cl)c1Cl)c1ccc(Cl)cc1O. The molecule has 7 heteroatoms. The van der Waals surface area contributed by atoms with Crippen LogP contribution in [0.1, 0.15) is 15.9 Å². The maximum absolute atomic E-state index is 11.8. The highest BCUT2D eigenvalue weighted by Gasteiger charge is 2.10. The van der Waals surface area contributed by atoms with Crippen molar-refractivity contribution in [1.29, 1.82) is 0 Å². The number of rotatable bonds is 3. The van der Waals surface area contributed by atoms with E-state index in [1.165, 1.54) is 24.4 Å². The van der Waals surface area contributed by atoms with Crippen LogP contribution in [0.5, 0.6) is 5.75 Å². The highest BCUT2D eigenvalue weighted by Crippen LogP contribution is 2.24. The molecule has 2 aromatic rings. The molecule has 0 unspecified atom stereocenters. The molecule has 0 fully saturated rings. The second-order valence-corrected chi connectivity index (χ2v) is 5.23. The number of hydrazone groups is 1. The molecule has 4 nitrogen and oxygen atoms in total. The van der Waals surface area contributed by atoms with E-state index < -0.39 is 5.91 Å². The Morgan fingerprint density at radius 2 is 1.95 bits per heavy atom. The van der Waals surface area contributed by atoms with Crippen molar-refractivity contribution in [1.82, 2.24) is 5.43 Å². The fourth-order valence-corrected chi connectivity index (χ4v) is 2.06. The van der Waals surface area contributed by atoms with Crippen LogP contribution in [-0.4, -0.2) is 17.2 Å². The lowest BCUT2D eigenvalue weighted by molar-refractivity contribution is 0.0952. The zero-order valence-electron chi connectivity index (χ0n) is 10.5. The van der Waals surface area contributed by atoms with Gasteiger partial charge in [0.1, 0.15) is 5.75 Å². The normalized spacial score (nSPS) is 10.8. The van der Waals surface area contributed by atoms with Crippen molar-refractivity contribution in [2.75, 3.05) is 0 Å². The average molecular weight is 344 g/mol. The van der Waals surface area contributed by atoms with Gasteiger partial charge in [0.15, 0.2) is 0 Å². The highest BCUT2D eigenvalue weighted by molar-refractivity contribution is 6.43. The van der Waals surface area contributed by atoms with Gasteiger partial charge < -0.3 is 5.11 Å². The van der Waals surface area contributed by atoms with Gasteiger partial charge in [-0.15, -0.1) is 0 Å². The smallest absolute Gasteiger partial charge is 0.275 e. The molecule has 2 aromatic carbocycles. The van der Waals surface area contributed by atoms with Gasteiger partial charge >= 0.3 is 0 Å². The van der Waals surface area contributed by atoms with Crippen LogP contribution < -0.4 is 5.43 Å². The van der Waals surface area contributed by atoms with Crippen molar-refractivity contribution in [3.63, 3.8) is 0 Å². The summed E-state index contributed by atoms with van der Waals surface area (Å²) in [6.45, 7) is 0. The van der Waals surface area contributed by atoms with Gasteiger partial charge in [-0.25, -0.2) is 5.43 Å². The van der Waals surface area contributed by atoms with Crippen LogP contribution >= 0.6 is 34.8 Å². The van der Waals surface area contributed by atoms with Crippen LogP contribution in [0.15, 0.2) is 41.5 Å². The summed E-state index contributed by atoms with van der Waals surface area (Å²) in [7, 11) is 0. The number of hydrogen-bond donors (Lipinski definition) is 2. The first kappa shape index (κ1) is 15.6. The first-order chi connectivity index (χ1) is 9.99. The number of benzene rings is 2. The summed E-state index contributed by atoms with van der Waals surface area (Å²) in [5.74, 6) is -0.797. The molecule has 0 aliphatic carbocycles. The van der Waals surface area contributed by atoms with Crippen molar-refractivity contribution in [3.05, 3.63) is 62.6 Å². The van der Waals surface area contributed by atoms with E-state index in [1.54, 1.807) is 18.2 Å². The molecule has 2 rings (SSSR count). The Balaban J connectivity index is 2.10. The predicted molar refractivity (Wildman–Crippen MR) is 84.6 cm³/mol. The van der Waals surface area contributed by atoms with Gasteiger partial charge in [0.2, 0.25) is 0 Å². The lowest BCUT2D eigenvalue weighted by Crippen LogP contribution is -2.17. The Hall–Kier alpha value is -1.75. The largest absolute Gasteiger partial charge is 0.507 e. The average Bonchev–Trinajstić information content (AvgIpc) is 2.43. The molecule has 108 valence electrons. The number of carbonyl (C=O) groups is 1. The first-order valence-corrected chi connectivity index (χ1v) is 6.88. The molecule has 0 saturated heterocycles. The number of phenols is 1. The Morgan fingerprint density at radius 1 is 1.19 bits per heavy atom. The van der Waals surface area contributed by atoms with Crippen LogP contribution in [0, 0.1) is 0 Å². The van der Waals surface area contributed by atoms with Gasteiger partial charge in [-0.05, 0) is 24.3 Å². The lowest BCUT2D eigenvalue weighted by atomic mass is 10.2. The second-order valence-electron chi connectivity index (χ2n) is 4.00. The van der Waals surface area contributed by atoms with Crippen LogP contribution in [-0.2, 0) is 0 Å². The van der Waals surface area contributed by atoms with E-state index in [1.807, 2.05) is 0 Å². The summed E-state index contributed by atoms with van der Waals surface area (Å²) in [6.07, 6.45) is 1.36. The summed E-state index contributed by atoms with van der Waals surface area (Å²) in [6, 6.07) is 9.22. The van der Waals surface area contributed by atoms with Gasteiger partial charge in [-0.2, -0.15) is 5.10 Å². The predicted octanol–water partition coefficient (Wildman–Crippen LogP) is 4.12. The minimum Gasteiger partial charge on any atom is -0.507 e. The highest BCUT2D eigenvalue weighted by atomic mass is 35.5. The number of nitrogens with one attached hydrogen (secondary N) is 1. The molecular formula is C14H9Cl3N2O2. The molecule has 21 heavy (non-hydrogen) atoms. The van der Waals surface area contributed by atoms with Gasteiger partial charge in [-0.1, -0.05) is 46.9 Å². The number of halogens is 3. The van der Waals surface area contributed by atoms with Crippen molar-refractivity contribution in [3.8, 4) is 5.75 Å². The maximum Gasteiger partial charge on any atom is 0.275 e. The fourth-order valence-electron chi connectivity index (χ4n) is 1.54. The van der Waals surface area contributed by atoms with Crippen LogP contribution in [0.25, 0.3) is 0 Å². The number of aromatic hydroxyl groups is 1. The van der Waals surface area contributed by atoms with E-state index in [4.69, 9.17) is 34.8 Å². The number of carbonyl (C=O) groups excluding carboxylic acids is 1. The topological polar surface area (TPSA) is 61.7 Å². The Labute approximate surface area is 135 Å². The minimum absolute atomic E-state index is 0.0636. The lowest BCUT2D eigenvalue weighted by Gasteiger charge is -2.03. The summed E-state index contributed by atoms with van der Waals surface area (Å²) < 4.78 is 0. The van der Waals surface area contributed by atoms with E-state index in [9.17, 15) is 9.90 Å². The minimum atomic E-state index is -0.571. The maximum atomic E-state index is 11.8. The molecule has 0 saturated carbocycles. The van der Waals surface area contributed by atoms with Crippen LogP contribution in [0.2, 0.25) is 15.1 Å². The molecule has 1 amide bonds. The van der Waals surface area contributed by atoms with Gasteiger partial charge in [0.25, 0.3) is 5.91 Å². The number of hydrogen-bond acceptors (Lipinski definition) is 3. The first-order valence-electron chi connectivity index (χ1n) is 5.75. The van der Waals surface area contributed by atoms with Gasteiger partial charge in [0, 0.05) is 10.6 Å². The van der Waals surface area contributed by atoms with E-state index in [2.05, 4.69) is 10.5 Å². The molecule has 0 aromatic heterocycles. The molecule has 0 atom stereocenters. The van der Waals surface area contributed by atoms with E-state index in [0.29, 0.717) is 20.6 Å². The molecule has 0 aliphatic heterocycles. The zero-order valence-corrected chi connectivity index (χ0v) is 12.7. The van der Waals surface area contributed by atoms with Crippen LogP contribution in [0.3, 0.4) is 0 Å². The number of nitrogens with zero attached hydrogens (tertiary/aromatic N) is 1. The van der Waals surface area contributed by atoms with Crippen molar-refractivity contribution >= 4 is 46.9 Å². The molecular weight excluding hydrogens is 335 g/mol. The van der Waals surface area contributed by atoms with E-state index >= 15 is 0 Å². The number of amides is 1. The van der Waals surface area contributed by atoms with E-state index in [0.717, 1.165) is 0 Å². The summed E-state index contributed by atoms with van der Waals surface area (Å²) in [4.78, 5) is 11.8. The molecule has 0 heterocycles. The van der Waals surface area contributed by atoms with Crippen molar-refractivity contribution < 1.29 is 9.90 Å². The fraction of sp³-hybridized carbons (Fsp3) is 0. The third kappa shape index (κ3) is 3.88. The van der Waals surface area contributed by atoms with Gasteiger partial charge in [-0.3, -0.25) is 4.79 Å². The summed E-state index contributed by atoms with van der Waals surface area (Å²) in [5.41, 5.74) is 2.90. The summed E-state index contributed by atoms with van der Waals surface area (Å²) in [5, 5.41) is 14.5. The Bertz CT molecular complexity index is 717. The van der Waals surface area contributed by atoms with Crippen LogP contribution in [0.4, 0.5) is 0 Å². The zero-order chi connectivity index (χ0) is 15.4. The quantitative estimate of drug-likeness (QED) is 0.650. The molecule has 2 N–H and O–H groups in total. The van der Waals surface area contributed by atoms with E-state index in [-0.39, 0.29) is 11.3 Å². The monoisotopic (exact) mass is 342 g/mol. The molecule has 0 bridgehead atoms. The third-order valence-electron chi connectivity index (χ3n) is 2.56. The molecule has 0 aliphatic rings. The Morgan fingerprint density at radius 3 is 2.67 bits per heavy atom. The molecule has 0 spiro atoms. The molecule has 0 radical (unpaired) electrons. The second kappa shape index (κ2) is 6.80. The standard InChI is InChI=1S/C14H9Cl3N2O2/c15-9-4-5-10(12(20)6-9)14(21)19-18-7-8-2-1-3-11(16)13(8)17/h1-7,20H,(H,19,21)/b18-7-. The summed E-state index contributed by atoms with van der Waals surface area (Å²) >= 11 is 17.5. The third-order valence-corrected chi connectivity index (χ3v) is 3.62. The Kier molecular flexibility index (Phi) is 5.07.